The third kappa shape index (κ3) is 2.67. The van der Waals surface area contributed by atoms with Gasteiger partial charge >= 0.3 is 0 Å². The second-order valence-corrected chi connectivity index (χ2v) is 4.69. The van der Waals surface area contributed by atoms with Gasteiger partial charge in [-0.1, -0.05) is 12.1 Å². The van der Waals surface area contributed by atoms with Gasteiger partial charge in [0.2, 0.25) is 0 Å². The van der Waals surface area contributed by atoms with Crippen LogP contribution in [0.15, 0.2) is 42.5 Å². The van der Waals surface area contributed by atoms with Crippen molar-refractivity contribution in [2.45, 2.75) is 13.0 Å². The molecular formula is C16H15FN2O2. The third-order valence-electron chi connectivity index (χ3n) is 3.22. The van der Waals surface area contributed by atoms with Gasteiger partial charge in [0.05, 0.1) is 18.1 Å². The van der Waals surface area contributed by atoms with E-state index in [2.05, 4.69) is 9.97 Å². The Labute approximate surface area is 121 Å². The van der Waals surface area contributed by atoms with Crippen molar-refractivity contribution in [3.63, 3.8) is 0 Å². The van der Waals surface area contributed by atoms with Crippen LogP contribution < -0.4 is 9.47 Å². The van der Waals surface area contributed by atoms with Gasteiger partial charge in [-0.25, -0.2) is 9.37 Å². The zero-order valence-corrected chi connectivity index (χ0v) is 11.8. The summed E-state index contributed by atoms with van der Waals surface area (Å²) in [6, 6.07) is 11.9. The summed E-state index contributed by atoms with van der Waals surface area (Å²) in [6.45, 7) is 1.88. The summed E-state index contributed by atoms with van der Waals surface area (Å²) < 4.78 is 24.3. The van der Waals surface area contributed by atoms with Crippen molar-refractivity contribution in [1.29, 1.82) is 0 Å². The lowest BCUT2D eigenvalue weighted by atomic mass is 10.3. The standard InChI is InChI=1S/C16H15FN2O2/c1-10(21-15-6-4-3-5-14(15)20-2)16-18-12-8-7-11(17)9-13(12)19-16/h3-10H,1-2H3,(H,18,19)/t10-/m0/s1. The van der Waals surface area contributed by atoms with Crippen LogP contribution in [0.1, 0.15) is 18.9 Å². The summed E-state index contributed by atoms with van der Waals surface area (Å²) in [5.41, 5.74) is 1.36. The average Bonchev–Trinajstić information content (AvgIpc) is 2.91. The first kappa shape index (κ1) is 13.4. The Hall–Kier alpha value is -2.56. The van der Waals surface area contributed by atoms with Crippen LogP contribution in [0.25, 0.3) is 11.0 Å². The number of nitrogens with zero attached hydrogens (tertiary/aromatic N) is 1. The topological polar surface area (TPSA) is 47.1 Å². The first-order valence-corrected chi connectivity index (χ1v) is 6.62. The predicted octanol–water partition coefficient (Wildman–Crippen LogP) is 3.85. The maximum Gasteiger partial charge on any atom is 0.162 e. The quantitative estimate of drug-likeness (QED) is 0.792. The highest BCUT2D eigenvalue weighted by atomic mass is 19.1. The van der Waals surface area contributed by atoms with Crippen molar-refractivity contribution in [2.24, 2.45) is 0 Å². The lowest BCUT2D eigenvalue weighted by Gasteiger charge is -2.14. The van der Waals surface area contributed by atoms with Crippen LogP contribution >= 0.6 is 0 Å². The molecule has 0 bridgehead atoms. The van der Waals surface area contributed by atoms with Crippen LogP contribution in [0.2, 0.25) is 0 Å². The minimum Gasteiger partial charge on any atom is -0.493 e. The van der Waals surface area contributed by atoms with Crippen LogP contribution in [0.3, 0.4) is 0 Å². The smallest absolute Gasteiger partial charge is 0.162 e. The highest BCUT2D eigenvalue weighted by Gasteiger charge is 2.14. The van der Waals surface area contributed by atoms with Gasteiger partial charge in [-0.05, 0) is 37.3 Å². The summed E-state index contributed by atoms with van der Waals surface area (Å²) >= 11 is 0. The summed E-state index contributed by atoms with van der Waals surface area (Å²) in [5, 5.41) is 0. The van der Waals surface area contributed by atoms with Gasteiger partial charge < -0.3 is 14.5 Å². The van der Waals surface area contributed by atoms with E-state index in [1.54, 1.807) is 13.2 Å². The molecule has 1 aromatic heterocycles. The molecule has 4 nitrogen and oxygen atoms in total. The van der Waals surface area contributed by atoms with Gasteiger partial charge in [-0.2, -0.15) is 0 Å². The second-order valence-electron chi connectivity index (χ2n) is 4.69. The minimum atomic E-state index is -0.309. The van der Waals surface area contributed by atoms with Crippen molar-refractivity contribution in [3.8, 4) is 11.5 Å². The number of rotatable bonds is 4. The predicted molar refractivity (Wildman–Crippen MR) is 78.1 cm³/mol. The largest absolute Gasteiger partial charge is 0.493 e. The number of para-hydroxylation sites is 2. The number of hydrogen-bond donors (Lipinski definition) is 1. The molecule has 21 heavy (non-hydrogen) atoms. The van der Waals surface area contributed by atoms with Crippen LogP contribution in [0.5, 0.6) is 11.5 Å². The molecule has 0 fully saturated rings. The van der Waals surface area contributed by atoms with Crippen molar-refractivity contribution in [3.05, 3.63) is 54.1 Å². The fourth-order valence-electron chi connectivity index (χ4n) is 2.16. The van der Waals surface area contributed by atoms with Crippen LogP contribution in [0.4, 0.5) is 4.39 Å². The van der Waals surface area contributed by atoms with Gasteiger partial charge in [-0.3, -0.25) is 0 Å². The fourth-order valence-corrected chi connectivity index (χ4v) is 2.16. The van der Waals surface area contributed by atoms with Crippen molar-refractivity contribution in [2.75, 3.05) is 7.11 Å². The lowest BCUT2D eigenvalue weighted by Crippen LogP contribution is -2.05. The summed E-state index contributed by atoms with van der Waals surface area (Å²) in [6.07, 6.45) is -0.309. The van der Waals surface area contributed by atoms with E-state index in [-0.39, 0.29) is 11.9 Å². The van der Waals surface area contributed by atoms with E-state index in [0.717, 1.165) is 0 Å². The van der Waals surface area contributed by atoms with E-state index in [0.29, 0.717) is 28.4 Å². The Morgan fingerprint density at radius 3 is 2.67 bits per heavy atom. The van der Waals surface area contributed by atoms with Crippen LogP contribution in [-0.4, -0.2) is 17.1 Å². The fraction of sp³-hybridized carbons (Fsp3) is 0.188. The monoisotopic (exact) mass is 286 g/mol. The van der Waals surface area contributed by atoms with E-state index in [4.69, 9.17) is 9.47 Å². The van der Waals surface area contributed by atoms with Gasteiger partial charge in [0.25, 0.3) is 0 Å². The molecule has 5 heteroatoms. The summed E-state index contributed by atoms with van der Waals surface area (Å²) in [5.74, 6) is 1.64. The number of aromatic nitrogens is 2. The highest BCUT2D eigenvalue weighted by Crippen LogP contribution is 2.30. The molecule has 0 saturated carbocycles. The molecule has 0 aliphatic rings. The Bertz CT molecular complexity index is 770. The number of imidazole rings is 1. The minimum absolute atomic E-state index is 0.295. The molecule has 0 radical (unpaired) electrons. The summed E-state index contributed by atoms with van der Waals surface area (Å²) in [7, 11) is 1.59. The number of halogens is 1. The maximum atomic E-state index is 13.2. The molecule has 3 aromatic rings. The van der Waals surface area contributed by atoms with E-state index in [9.17, 15) is 4.39 Å². The van der Waals surface area contributed by atoms with Gasteiger partial charge in [0.15, 0.2) is 17.6 Å². The van der Waals surface area contributed by atoms with E-state index < -0.39 is 0 Å². The number of benzene rings is 2. The molecule has 0 aliphatic carbocycles. The zero-order chi connectivity index (χ0) is 14.8. The second kappa shape index (κ2) is 5.44. The maximum absolute atomic E-state index is 13.2. The first-order valence-electron chi connectivity index (χ1n) is 6.62. The zero-order valence-electron chi connectivity index (χ0n) is 11.8. The van der Waals surface area contributed by atoms with Gasteiger partial charge in [0.1, 0.15) is 11.6 Å². The average molecular weight is 286 g/mol. The third-order valence-corrected chi connectivity index (χ3v) is 3.22. The normalized spacial score (nSPS) is 12.3. The number of ether oxygens (including phenoxy) is 2. The molecule has 0 aliphatic heterocycles. The van der Waals surface area contributed by atoms with E-state index >= 15 is 0 Å². The highest BCUT2D eigenvalue weighted by molar-refractivity contribution is 5.75. The van der Waals surface area contributed by atoms with Gasteiger partial charge in [0, 0.05) is 0 Å². The Kier molecular flexibility index (Phi) is 3.48. The van der Waals surface area contributed by atoms with Gasteiger partial charge in [-0.15, -0.1) is 0 Å². The Balaban J connectivity index is 1.88. The number of hydrogen-bond acceptors (Lipinski definition) is 3. The molecule has 0 amide bonds. The first-order chi connectivity index (χ1) is 10.2. The molecular weight excluding hydrogens is 271 g/mol. The van der Waals surface area contributed by atoms with Crippen LogP contribution in [0, 0.1) is 5.82 Å². The Morgan fingerprint density at radius 2 is 1.90 bits per heavy atom. The summed E-state index contributed by atoms with van der Waals surface area (Å²) in [4.78, 5) is 7.49. The SMILES string of the molecule is COc1ccccc1O[C@@H](C)c1nc2ccc(F)cc2[nH]1. The molecule has 0 spiro atoms. The van der Waals surface area contributed by atoms with Crippen molar-refractivity contribution < 1.29 is 13.9 Å². The molecule has 0 unspecified atom stereocenters. The number of methoxy groups -OCH3 is 1. The molecule has 1 atom stereocenters. The number of H-pyrrole nitrogens is 1. The molecule has 108 valence electrons. The lowest BCUT2D eigenvalue weighted by molar-refractivity contribution is 0.208. The van der Waals surface area contributed by atoms with E-state index in [1.165, 1.54) is 12.1 Å². The molecule has 1 heterocycles. The van der Waals surface area contributed by atoms with Crippen molar-refractivity contribution in [1.82, 2.24) is 9.97 Å². The molecule has 2 aromatic carbocycles. The number of fused-ring (bicyclic) bond motifs is 1. The molecule has 3 rings (SSSR count). The molecule has 1 N–H and O–H groups in total. The Morgan fingerprint density at radius 1 is 1.14 bits per heavy atom. The number of aromatic amines is 1. The van der Waals surface area contributed by atoms with Crippen LogP contribution in [-0.2, 0) is 0 Å². The van der Waals surface area contributed by atoms with Crippen molar-refractivity contribution >= 4 is 11.0 Å². The number of nitrogens with one attached hydrogen (secondary N) is 1. The molecule has 0 saturated heterocycles. The van der Waals surface area contributed by atoms with E-state index in [1.807, 2.05) is 31.2 Å².